The molecule has 174 valence electrons. The van der Waals surface area contributed by atoms with Crippen molar-refractivity contribution in [2.24, 2.45) is 5.10 Å². The SMILES string of the molecule is O=S(=O)(c1ccc(N/N=C/c2ccc(OC(F)F)cc2OC(F)F)nc1)N1CCCCC1. The summed E-state index contributed by atoms with van der Waals surface area (Å²) in [6.45, 7) is -5.37. The summed E-state index contributed by atoms with van der Waals surface area (Å²) >= 11 is 0. The van der Waals surface area contributed by atoms with Gasteiger partial charge in [-0.3, -0.25) is 5.43 Å². The molecule has 2 heterocycles. The van der Waals surface area contributed by atoms with Crippen LogP contribution in [0.5, 0.6) is 11.5 Å². The molecule has 0 amide bonds. The van der Waals surface area contributed by atoms with Crippen molar-refractivity contribution < 1.29 is 35.5 Å². The Morgan fingerprint density at radius 1 is 1.03 bits per heavy atom. The predicted molar refractivity (Wildman–Crippen MR) is 108 cm³/mol. The van der Waals surface area contributed by atoms with Gasteiger partial charge in [-0.2, -0.15) is 27.0 Å². The third-order valence-corrected chi connectivity index (χ3v) is 6.38. The van der Waals surface area contributed by atoms with Crippen LogP contribution in [-0.4, -0.2) is 50.2 Å². The molecule has 0 bridgehead atoms. The van der Waals surface area contributed by atoms with Crippen LogP contribution in [0, 0.1) is 0 Å². The van der Waals surface area contributed by atoms with E-state index in [0.29, 0.717) is 13.1 Å². The number of halogens is 4. The molecule has 0 saturated carbocycles. The van der Waals surface area contributed by atoms with Crippen molar-refractivity contribution in [3.05, 3.63) is 42.1 Å². The minimum atomic E-state index is -3.62. The molecule has 1 fully saturated rings. The van der Waals surface area contributed by atoms with Gasteiger partial charge in [-0.25, -0.2) is 13.4 Å². The lowest BCUT2D eigenvalue weighted by atomic mass is 10.2. The first-order valence-electron chi connectivity index (χ1n) is 9.54. The molecule has 1 aromatic heterocycles. The Labute approximate surface area is 181 Å². The van der Waals surface area contributed by atoms with E-state index in [1.807, 2.05) is 0 Å². The Hall–Kier alpha value is -2.93. The zero-order valence-corrected chi connectivity index (χ0v) is 17.4. The van der Waals surface area contributed by atoms with Crippen LogP contribution in [0.15, 0.2) is 46.5 Å². The van der Waals surface area contributed by atoms with E-state index < -0.39 is 29.0 Å². The van der Waals surface area contributed by atoms with Gasteiger partial charge >= 0.3 is 13.2 Å². The number of benzene rings is 1. The zero-order valence-electron chi connectivity index (χ0n) is 16.6. The molecule has 0 aliphatic carbocycles. The van der Waals surface area contributed by atoms with Crippen LogP contribution in [0.1, 0.15) is 24.8 Å². The molecule has 1 aliphatic rings. The van der Waals surface area contributed by atoms with Crippen LogP contribution >= 0.6 is 0 Å². The molecule has 0 radical (unpaired) electrons. The first-order chi connectivity index (χ1) is 15.3. The van der Waals surface area contributed by atoms with Crippen LogP contribution < -0.4 is 14.9 Å². The summed E-state index contributed by atoms with van der Waals surface area (Å²) < 4.78 is 85.0. The fourth-order valence-electron chi connectivity index (χ4n) is 3.02. The molecule has 3 rings (SSSR count). The van der Waals surface area contributed by atoms with E-state index >= 15 is 0 Å². The normalized spacial score (nSPS) is 15.4. The number of hydrazone groups is 1. The summed E-state index contributed by atoms with van der Waals surface area (Å²) in [5, 5.41) is 3.84. The first-order valence-corrected chi connectivity index (χ1v) is 11.0. The maximum atomic E-state index is 12.6. The van der Waals surface area contributed by atoms with Gasteiger partial charge in [0.15, 0.2) is 0 Å². The van der Waals surface area contributed by atoms with Crippen molar-refractivity contribution in [2.45, 2.75) is 37.4 Å². The number of anilines is 1. The summed E-state index contributed by atoms with van der Waals surface area (Å²) in [5.74, 6) is -0.569. The number of rotatable bonds is 9. The summed E-state index contributed by atoms with van der Waals surface area (Å²) in [6, 6.07) is 6.03. The standard InChI is InChI=1S/C19H20F4N4O4S/c20-18(21)30-14-5-4-13(16(10-14)31-19(22)23)11-25-26-17-7-6-15(12-24-17)32(28,29)27-8-2-1-3-9-27/h4-7,10-12,18-19H,1-3,8-9H2,(H,24,26)/b25-11+. The maximum Gasteiger partial charge on any atom is 0.387 e. The number of alkyl halides is 4. The van der Waals surface area contributed by atoms with Crippen LogP contribution in [0.2, 0.25) is 0 Å². The van der Waals surface area contributed by atoms with Crippen molar-refractivity contribution in [3.8, 4) is 11.5 Å². The molecule has 2 aromatic rings. The number of piperidine rings is 1. The molecule has 8 nitrogen and oxygen atoms in total. The number of sulfonamides is 1. The fourth-order valence-corrected chi connectivity index (χ4v) is 4.48. The molecule has 1 aromatic carbocycles. The smallest absolute Gasteiger partial charge is 0.387 e. The largest absolute Gasteiger partial charge is 0.435 e. The molecular weight excluding hydrogens is 456 g/mol. The Morgan fingerprint density at radius 3 is 2.38 bits per heavy atom. The lowest BCUT2D eigenvalue weighted by molar-refractivity contribution is -0.0543. The van der Waals surface area contributed by atoms with Gasteiger partial charge in [0.1, 0.15) is 22.2 Å². The summed E-state index contributed by atoms with van der Waals surface area (Å²) in [6.07, 6.45) is 4.94. The maximum absolute atomic E-state index is 12.6. The van der Waals surface area contributed by atoms with E-state index in [2.05, 4.69) is 25.0 Å². The second-order valence-corrected chi connectivity index (χ2v) is 8.61. The Balaban J connectivity index is 1.69. The first kappa shape index (κ1) is 23.7. The monoisotopic (exact) mass is 476 g/mol. The molecule has 1 N–H and O–H groups in total. The van der Waals surface area contributed by atoms with Gasteiger partial charge in [0.2, 0.25) is 10.0 Å². The van der Waals surface area contributed by atoms with E-state index in [9.17, 15) is 26.0 Å². The highest BCUT2D eigenvalue weighted by atomic mass is 32.2. The van der Waals surface area contributed by atoms with Gasteiger partial charge in [0.05, 0.1) is 6.21 Å². The van der Waals surface area contributed by atoms with Crippen LogP contribution in [0.4, 0.5) is 23.4 Å². The number of nitrogens with zero attached hydrogens (tertiary/aromatic N) is 3. The number of hydrogen-bond acceptors (Lipinski definition) is 7. The van der Waals surface area contributed by atoms with Gasteiger partial charge < -0.3 is 9.47 Å². The number of hydrogen-bond donors (Lipinski definition) is 1. The van der Waals surface area contributed by atoms with Crippen LogP contribution in [0.25, 0.3) is 0 Å². The highest BCUT2D eigenvalue weighted by molar-refractivity contribution is 7.89. The molecule has 0 atom stereocenters. The fraction of sp³-hybridized carbons (Fsp3) is 0.368. The molecule has 13 heteroatoms. The number of pyridine rings is 1. The van der Waals surface area contributed by atoms with Gasteiger partial charge in [-0.15, -0.1) is 0 Å². The van der Waals surface area contributed by atoms with E-state index in [1.54, 1.807) is 0 Å². The van der Waals surface area contributed by atoms with Crippen molar-refractivity contribution in [2.75, 3.05) is 18.5 Å². The van der Waals surface area contributed by atoms with Crippen molar-refractivity contribution >= 4 is 22.1 Å². The van der Waals surface area contributed by atoms with Crippen molar-refractivity contribution in [1.82, 2.24) is 9.29 Å². The van der Waals surface area contributed by atoms with Crippen LogP contribution in [-0.2, 0) is 10.0 Å². The van der Waals surface area contributed by atoms with Gasteiger partial charge in [0.25, 0.3) is 0 Å². The highest BCUT2D eigenvalue weighted by Gasteiger charge is 2.26. The third-order valence-electron chi connectivity index (χ3n) is 4.50. The number of aromatic nitrogens is 1. The Morgan fingerprint density at radius 2 is 1.75 bits per heavy atom. The molecule has 1 saturated heterocycles. The van der Waals surface area contributed by atoms with Gasteiger partial charge in [0, 0.05) is 30.9 Å². The van der Waals surface area contributed by atoms with Gasteiger partial charge in [-0.1, -0.05) is 6.42 Å². The number of nitrogens with one attached hydrogen (secondary N) is 1. The molecule has 0 spiro atoms. The Bertz CT molecular complexity index is 1030. The van der Waals surface area contributed by atoms with E-state index in [1.165, 1.54) is 28.7 Å². The van der Waals surface area contributed by atoms with Gasteiger partial charge in [-0.05, 0) is 37.1 Å². The quantitative estimate of drug-likeness (QED) is 0.335. The average Bonchev–Trinajstić information content (AvgIpc) is 2.75. The minimum absolute atomic E-state index is 0.0520. The second kappa shape index (κ2) is 10.6. The summed E-state index contributed by atoms with van der Waals surface area (Å²) in [7, 11) is -3.62. The molecular formula is C19H20F4N4O4S. The summed E-state index contributed by atoms with van der Waals surface area (Å²) in [4.78, 5) is 4.06. The van der Waals surface area contributed by atoms with Crippen molar-refractivity contribution in [3.63, 3.8) is 0 Å². The number of ether oxygens (including phenoxy) is 2. The van der Waals surface area contributed by atoms with Crippen LogP contribution in [0.3, 0.4) is 0 Å². The third kappa shape index (κ3) is 6.29. The lowest BCUT2D eigenvalue weighted by Crippen LogP contribution is -2.35. The lowest BCUT2D eigenvalue weighted by Gasteiger charge is -2.25. The average molecular weight is 476 g/mol. The summed E-state index contributed by atoms with van der Waals surface area (Å²) in [5.41, 5.74) is 2.59. The minimum Gasteiger partial charge on any atom is -0.435 e. The Kier molecular flexibility index (Phi) is 7.85. The molecule has 1 aliphatic heterocycles. The van der Waals surface area contributed by atoms with E-state index in [0.717, 1.165) is 37.6 Å². The zero-order chi connectivity index (χ0) is 23.1. The van der Waals surface area contributed by atoms with Crippen molar-refractivity contribution in [1.29, 1.82) is 0 Å². The topological polar surface area (TPSA) is 93.1 Å². The molecule has 32 heavy (non-hydrogen) atoms. The highest BCUT2D eigenvalue weighted by Crippen LogP contribution is 2.26. The van der Waals surface area contributed by atoms with E-state index in [4.69, 9.17) is 0 Å². The van der Waals surface area contributed by atoms with E-state index in [-0.39, 0.29) is 22.0 Å². The second-order valence-electron chi connectivity index (χ2n) is 6.67. The molecule has 0 unspecified atom stereocenters. The predicted octanol–water partition coefficient (Wildman–Crippen LogP) is 3.91.